The van der Waals surface area contributed by atoms with Crippen LogP contribution >= 0.6 is 11.8 Å². The first-order chi connectivity index (χ1) is 7.70. The van der Waals surface area contributed by atoms with Crippen LogP contribution in [0.4, 0.5) is 4.39 Å². The van der Waals surface area contributed by atoms with Crippen LogP contribution in [0.1, 0.15) is 5.82 Å². The first kappa shape index (κ1) is 10.9. The summed E-state index contributed by atoms with van der Waals surface area (Å²) in [5.41, 5.74) is 0.192. The van der Waals surface area contributed by atoms with Gasteiger partial charge in [-0.2, -0.15) is 16.7 Å². The maximum absolute atomic E-state index is 13.4. The number of halogens is 1. The highest BCUT2D eigenvalue weighted by Gasteiger charge is 2.13. The summed E-state index contributed by atoms with van der Waals surface area (Å²) in [6.45, 7) is 0. The molecule has 0 saturated carbocycles. The second-order valence-electron chi connectivity index (χ2n) is 3.11. The third kappa shape index (κ3) is 2.16. The number of hydrogen-bond acceptors (Lipinski definition) is 5. The van der Waals surface area contributed by atoms with E-state index in [0.29, 0.717) is 11.6 Å². The van der Waals surface area contributed by atoms with E-state index in [-0.39, 0.29) is 17.2 Å². The van der Waals surface area contributed by atoms with Crippen LogP contribution in [0.5, 0.6) is 5.75 Å². The molecular formula is C10H9FN2O2S. The number of thioether (sulfide) groups is 1. The number of aromatic hydroxyl groups is 1. The van der Waals surface area contributed by atoms with Crippen molar-refractivity contribution in [3.8, 4) is 17.2 Å². The fraction of sp³-hybridized carbons (Fsp3) is 0.200. The summed E-state index contributed by atoms with van der Waals surface area (Å²) in [6, 6.07) is 3.78. The quantitative estimate of drug-likeness (QED) is 0.892. The zero-order valence-electron chi connectivity index (χ0n) is 8.48. The van der Waals surface area contributed by atoms with Gasteiger partial charge in [-0.05, 0) is 18.4 Å². The zero-order valence-corrected chi connectivity index (χ0v) is 9.29. The van der Waals surface area contributed by atoms with Gasteiger partial charge in [-0.15, -0.1) is 0 Å². The van der Waals surface area contributed by atoms with Gasteiger partial charge in [0.2, 0.25) is 0 Å². The van der Waals surface area contributed by atoms with Gasteiger partial charge in [-0.3, -0.25) is 0 Å². The van der Waals surface area contributed by atoms with Gasteiger partial charge >= 0.3 is 0 Å². The lowest BCUT2D eigenvalue weighted by atomic mass is 10.2. The van der Waals surface area contributed by atoms with E-state index in [9.17, 15) is 4.39 Å². The molecule has 0 aliphatic rings. The topological polar surface area (TPSA) is 59.2 Å². The molecule has 0 unspecified atom stereocenters. The first-order valence-corrected chi connectivity index (χ1v) is 5.90. The Labute approximate surface area is 95.5 Å². The monoisotopic (exact) mass is 240 g/mol. The molecule has 1 aromatic heterocycles. The molecule has 4 nitrogen and oxygen atoms in total. The van der Waals surface area contributed by atoms with Crippen LogP contribution in [0.25, 0.3) is 11.5 Å². The van der Waals surface area contributed by atoms with Crippen molar-refractivity contribution in [1.82, 2.24) is 10.1 Å². The largest absolute Gasteiger partial charge is 0.508 e. The Morgan fingerprint density at radius 2 is 2.31 bits per heavy atom. The predicted molar refractivity (Wildman–Crippen MR) is 58.6 cm³/mol. The van der Waals surface area contributed by atoms with Crippen molar-refractivity contribution in [1.29, 1.82) is 0 Å². The van der Waals surface area contributed by atoms with Gasteiger partial charge in [0.05, 0.1) is 11.3 Å². The van der Waals surface area contributed by atoms with Crippen LogP contribution in [0.3, 0.4) is 0 Å². The van der Waals surface area contributed by atoms with Gasteiger partial charge in [-0.25, -0.2) is 4.39 Å². The number of benzene rings is 1. The lowest BCUT2D eigenvalue weighted by Crippen LogP contribution is -1.85. The van der Waals surface area contributed by atoms with Crippen molar-refractivity contribution >= 4 is 11.8 Å². The maximum atomic E-state index is 13.4. The van der Waals surface area contributed by atoms with Crippen molar-refractivity contribution in [3.63, 3.8) is 0 Å². The third-order valence-electron chi connectivity index (χ3n) is 1.92. The van der Waals surface area contributed by atoms with E-state index in [1.54, 1.807) is 11.8 Å². The smallest absolute Gasteiger partial charge is 0.260 e. The molecule has 0 saturated heterocycles. The van der Waals surface area contributed by atoms with E-state index < -0.39 is 5.82 Å². The van der Waals surface area contributed by atoms with Gasteiger partial charge in [-0.1, -0.05) is 5.16 Å². The Bertz CT molecular complexity index is 501. The highest BCUT2D eigenvalue weighted by molar-refractivity contribution is 7.97. The standard InChI is InChI=1S/C10H9FN2O2S/c1-16-5-9-12-10(15-13-9)7-3-2-6(14)4-8(7)11/h2-4,14H,5H2,1H3. The molecule has 0 spiro atoms. The summed E-state index contributed by atoms with van der Waals surface area (Å²) in [7, 11) is 0. The third-order valence-corrected chi connectivity index (χ3v) is 2.47. The van der Waals surface area contributed by atoms with Crippen molar-refractivity contribution < 1.29 is 14.0 Å². The van der Waals surface area contributed by atoms with Crippen LogP contribution in [0.2, 0.25) is 0 Å². The molecule has 0 atom stereocenters. The number of rotatable bonds is 3. The molecule has 6 heteroatoms. The molecule has 0 bridgehead atoms. The van der Waals surface area contributed by atoms with E-state index >= 15 is 0 Å². The Hall–Kier alpha value is -1.56. The summed E-state index contributed by atoms with van der Waals surface area (Å²) >= 11 is 1.55. The van der Waals surface area contributed by atoms with Gasteiger partial charge in [0.25, 0.3) is 5.89 Å². The van der Waals surface area contributed by atoms with Gasteiger partial charge in [0.1, 0.15) is 11.6 Å². The lowest BCUT2D eigenvalue weighted by molar-refractivity contribution is 0.422. The van der Waals surface area contributed by atoms with Crippen LogP contribution in [0.15, 0.2) is 22.7 Å². The van der Waals surface area contributed by atoms with E-state index in [0.717, 1.165) is 6.07 Å². The summed E-state index contributed by atoms with van der Waals surface area (Å²) in [5.74, 6) is 0.546. The summed E-state index contributed by atoms with van der Waals surface area (Å²) in [5, 5.41) is 12.8. The summed E-state index contributed by atoms with van der Waals surface area (Å²) in [4.78, 5) is 4.04. The minimum absolute atomic E-state index is 0.126. The molecule has 1 N–H and O–H groups in total. The molecule has 2 rings (SSSR count). The summed E-state index contributed by atoms with van der Waals surface area (Å²) < 4.78 is 18.4. The fourth-order valence-corrected chi connectivity index (χ4v) is 1.60. The number of nitrogens with zero attached hydrogens (tertiary/aromatic N) is 2. The molecule has 1 aromatic carbocycles. The van der Waals surface area contributed by atoms with E-state index in [2.05, 4.69) is 10.1 Å². The minimum Gasteiger partial charge on any atom is -0.508 e. The molecule has 0 fully saturated rings. The van der Waals surface area contributed by atoms with Crippen LogP contribution < -0.4 is 0 Å². The molecule has 1 heterocycles. The highest BCUT2D eigenvalue weighted by atomic mass is 32.2. The Kier molecular flexibility index (Phi) is 3.09. The number of phenols is 1. The number of aromatic nitrogens is 2. The van der Waals surface area contributed by atoms with Gasteiger partial charge < -0.3 is 9.63 Å². The predicted octanol–water partition coefficient (Wildman–Crippen LogP) is 2.44. The molecule has 0 amide bonds. The second kappa shape index (κ2) is 4.52. The average Bonchev–Trinajstić information content (AvgIpc) is 2.67. The average molecular weight is 240 g/mol. The summed E-state index contributed by atoms with van der Waals surface area (Å²) in [6.07, 6.45) is 1.91. The first-order valence-electron chi connectivity index (χ1n) is 4.51. The molecule has 0 aliphatic heterocycles. The van der Waals surface area contributed by atoms with E-state index in [1.807, 2.05) is 6.26 Å². The fourth-order valence-electron chi connectivity index (χ4n) is 1.23. The van der Waals surface area contributed by atoms with E-state index in [4.69, 9.17) is 9.63 Å². The minimum atomic E-state index is -0.584. The molecule has 16 heavy (non-hydrogen) atoms. The van der Waals surface area contributed by atoms with Crippen molar-refractivity contribution in [2.24, 2.45) is 0 Å². The molecular weight excluding hydrogens is 231 g/mol. The molecule has 0 radical (unpaired) electrons. The Morgan fingerprint density at radius 3 is 3.00 bits per heavy atom. The Balaban J connectivity index is 2.35. The number of phenolic OH excluding ortho intramolecular Hbond substituents is 1. The lowest BCUT2D eigenvalue weighted by Gasteiger charge is -1.97. The Morgan fingerprint density at radius 1 is 1.50 bits per heavy atom. The highest BCUT2D eigenvalue weighted by Crippen LogP contribution is 2.24. The van der Waals surface area contributed by atoms with Gasteiger partial charge in [0.15, 0.2) is 5.82 Å². The van der Waals surface area contributed by atoms with Gasteiger partial charge in [0, 0.05) is 6.07 Å². The molecule has 0 aliphatic carbocycles. The van der Waals surface area contributed by atoms with Crippen LogP contribution in [-0.2, 0) is 5.75 Å². The van der Waals surface area contributed by atoms with Crippen molar-refractivity contribution in [2.45, 2.75) is 5.75 Å². The normalized spacial score (nSPS) is 10.6. The number of hydrogen-bond donors (Lipinski definition) is 1. The van der Waals surface area contributed by atoms with Crippen LogP contribution in [-0.4, -0.2) is 21.5 Å². The molecule has 84 valence electrons. The van der Waals surface area contributed by atoms with Crippen molar-refractivity contribution in [3.05, 3.63) is 29.8 Å². The molecule has 2 aromatic rings. The van der Waals surface area contributed by atoms with Crippen LogP contribution in [0, 0.1) is 5.82 Å². The maximum Gasteiger partial charge on any atom is 0.260 e. The van der Waals surface area contributed by atoms with Crippen molar-refractivity contribution in [2.75, 3.05) is 6.26 Å². The van der Waals surface area contributed by atoms with E-state index in [1.165, 1.54) is 12.1 Å². The second-order valence-corrected chi connectivity index (χ2v) is 3.98. The SMILES string of the molecule is CSCc1noc(-c2ccc(O)cc2F)n1. The zero-order chi connectivity index (χ0) is 11.5.